The Morgan fingerprint density at radius 2 is 2.29 bits per heavy atom. The van der Waals surface area contributed by atoms with E-state index in [1.165, 1.54) is 11.3 Å². The Bertz CT molecular complexity index is 522. The van der Waals surface area contributed by atoms with Crippen LogP contribution in [0.5, 0.6) is 0 Å². The van der Waals surface area contributed by atoms with Gasteiger partial charge in [-0.3, -0.25) is 0 Å². The van der Waals surface area contributed by atoms with Gasteiger partial charge in [-0.2, -0.15) is 5.26 Å². The smallest absolute Gasteiger partial charge is 0.159 e. The van der Waals surface area contributed by atoms with Crippen molar-refractivity contribution < 1.29 is 4.39 Å². The molecule has 0 fully saturated rings. The molecule has 2 rings (SSSR count). The summed E-state index contributed by atoms with van der Waals surface area (Å²) >= 11 is 1.24. The molecule has 1 nitrogen and oxygen atoms in total. The van der Waals surface area contributed by atoms with Crippen molar-refractivity contribution in [2.45, 2.75) is 13.3 Å². The first kappa shape index (κ1) is 9.17. The van der Waals surface area contributed by atoms with E-state index in [9.17, 15) is 4.39 Å². The number of fused-ring (bicyclic) bond motifs is 1. The van der Waals surface area contributed by atoms with E-state index in [1.54, 1.807) is 6.07 Å². The number of nitriles is 1. The summed E-state index contributed by atoms with van der Waals surface area (Å²) in [6.07, 6.45) is 0.863. The predicted molar refractivity (Wildman–Crippen MR) is 55.9 cm³/mol. The molecule has 1 aromatic carbocycles. The number of hydrogen-bond acceptors (Lipinski definition) is 2. The number of rotatable bonds is 1. The van der Waals surface area contributed by atoms with Gasteiger partial charge in [-0.05, 0) is 12.0 Å². The van der Waals surface area contributed by atoms with Gasteiger partial charge in [0.15, 0.2) is 5.82 Å². The zero-order chi connectivity index (χ0) is 10.1. The molecule has 1 heterocycles. The Balaban J connectivity index is 2.85. The first-order valence-corrected chi connectivity index (χ1v) is 5.19. The minimum Gasteiger partial charge on any atom is -0.204 e. The maximum Gasteiger partial charge on any atom is 0.159 e. The first-order chi connectivity index (χ1) is 6.77. The first-order valence-electron chi connectivity index (χ1n) is 4.38. The monoisotopic (exact) mass is 205 g/mol. The van der Waals surface area contributed by atoms with Crippen LogP contribution in [0.1, 0.15) is 17.4 Å². The lowest BCUT2D eigenvalue weighted by Gasteiger charge is -1.96. The summed E-state index contributed by atoms with van der Waals surface area (Å²) in [5.41, 5.74) is 1.10. The Morgan fingerprint density at radius 3 is 2.93 bits per heavy atom. The SMILES string of the molecule is CCc1cccc2c(F)c(C#N)sc12. The van der Waals surface area contributed by atoms with Crippen molar-refractivity contribution in [2.75, 3.05) is 0 Å². The van der Waals surface area contributed by atoms with Crippen LogP contribution in [-0.2, 0) is 6.42 Å². The summed E-state index contributed by atoms with van der Waals surface area (Å²) in [6.45, 7) is 2.03. The molecule has 0 saturated carbocycles. The second-order valence-corrected chi connectivity index (χ2v) is 4.02. The van der Waals surface area contributed by atoms with E-state index >= 15 is 0 Å². The van der Waals surface area contributed by atoms with E-state index in [0.717, 1.165) is 16.7 Å². The average molecular weight is 205 g/mol. The number of aryl methyl sites for hydroxylation is 1. The van der Waals surface area contributed by atoms with Crippen molar-refractivity contribution in [3.05, 3.63) is 34.5 Å². The molecule has 0 atom stereocenters. The lowest BCUT2D eigenvalue weighted by molar-refractivity contribution is 0.641. The quantitative estimate of drug-likeness (QED) is 0.699. The highest BCUT2D eigenvalue weighted by Gasteiger charge is 2.12. The van der Waals surface area contributed by atoms with Gasteiger partial charge in [0, 0.05) is 10.1 Å². The molecule has 0 aliphatic heterocycles. The third kappa shape index (κ3) is 1.19. The van der Waals surface area contributed by atoms with Crippen LogP contribution in [0.25, 0.3) is 10.1 Å². The summed E-state index contributed by atoms with van der Waals surface area (Å²) in [5.74, 6) is -0.372. The van der Waals surface area contributed by atoms with Gasteiger partial charge in [-0.1, -0.05) is 25.1 Å². The molecule has 0 aliphatic rings. The van der Waals surface area contributed by atoms with Gasteiger partial charge in [0.2, 0.25) is 0 Å². The lowest BCUT2D eigenvalue weighted by atomic mass is 10.1. The number of halogens is 1. The molecule has 2 aromatic rings. The molecule has 0 unspecified atom stereocenters. The highest BCUT2D eigenvalue weighted by atomic mass is 32.1. The van der Waals surface area contributed by atoms with E-state index in [1.807, 2.05) is 25.1 Å². The van der Waals surface area contributed by atoms with Gasteiger partial charge >= 0.3 is 0 Å². The zero-order valence-corrected chi connectivity index (χ0v) is 8.49. The third-order valence-corrected chi connectivity index (χ3v) is 3.38. The summed E-state index contributed by atoms with van der Waals surface area (Å²) in [5, 5.41) is 9.28. The van der Waals surface area contributed by atoms with Crippen molar-refractivity contribution in [2.24, 2.45) is 0 Å². The summed E-state index contributed by atoms with van der Waals surface area (Å²) in [7, 11) is 0. The Labute approximate surface area is 85.4 Å². The Morgan fingerprint density at radius 1 is 1.50 bits per heavy atom. The van der Waals surface area contributed by atoms with Gasteiger partial charge in [0.05, 0.1) is 0 Å². The van der Waals surface area contributed by atoms with Crippen LogP contribution in [-0.4, -0.2) is 0 Å². The van der Waals surface area contributed by atoms with Crippen LogP contribution in [0.15, 0.2) is 18.2 Å². The van der Waals surface area contributed by atoms with E-state index in [0.29, 0.717) is 5.39 Å². The van der Waals surface area contributed by atoms with Gasteiger partial charge in [0.1, 0.15) is 10.9 Å². The fourth-order valence-electron chi connectivity index (χ4n) is 1.50. The van der Waals surface area contributed by atoms with Crippen LogP contribution >= 0.6 is 11.3 Å². The van der Waals surface area contributed by atoms with Crippen LogP contribution in [0.3, 0.4) is 0 Å². The fourth-order valence-corrected chi connectivity index (χ4v) is 2.56. The average Bonchev–Trinajstić information content (AvgIpc) is 2.55. The van der Waals surface area contributed by atoms with Crippen molar-refractivity contribution in [1.82, 2.24) is 0 Å². The largest absolute Gasteiger partial charge is 0.204 e. The molecule has 0 radical (unpaired) electrons. The minimum atomic E-state index is -0.372. The highest BCUT2D eigenvalue weighted by Crippen LogP contribution is 2.32. The van der Waals surface area contributed by atoms with Gasteiger partial charge in [-0.15, -0.1) is 11.3 Å². The topological polar surface area (TPSA) is 23.8 Å². The van der Waals surface area contributed by atoms with E-state index in [4.69, 9.17) is 5.26 Å². The standard InChI is InChI=1S/C11H8FNS/c1-2-7-4-3-5-8-10(12)9(6-13)14-11(7)8/h3-5H,2H2,1H3. The molecule has 70 valence electrons. The van der Waals surface area contributed by atoms with E-state index in [2.05, 4.69) is 0 Å². The van der Waals surface area contributed by atoms with Gasteiger partial charge < -0.3 is 0 Å². The Kier molecular flexibility index (Phi) is 2.22. The molecule has 3 heteroatoms. The predicted octanol–water partition coefficient (Wildman–Crippen LogP) is 3.47. The normalized spacial score (nSPS) is 10.4. The van der Waals surface area contributed by atoms with E-state index < -0.39 is 0 Å². The number of thiophene rings is 1. The number of hydrogen-bond donors (Lipinski definition) is 0. The summed E-state index contributed by atoms with van der Waals surface area (Å²) in [6, 6.07) is 7.41. The second kappa shape index (κ2) is 3.39. The maximum atomic E-state index is 13.5. The molecule has 1 aromatic heterocycles. The van der Waals surface area contributed by atoms with Crippen molar-refractivity contribution in [1.29, 1.82) is 5.26 Å². The molecule has 0 amide bonds. The number of nitrogens with zero attached hydrogens (tertiary/aromatic N) is 1. The minimum absolute atomic E-state index is 0.181. The number of benzene rings is 1. The van der Waals surface area contributed by atoms with E-state index in [-0.39, 0.29) is 10.7 Å². The summed E-state index contributed by atoms with van der Waals surface area (Å²) in [4.78, 5) is 0.181. The molecular formula is C11H8FNS. The Hall–Kier alpha value is -1.40. The van der Waals surface area contributed by atoms with Crippen LogP contribution < -0.4 is 0 Å². The highest BCUT2D eigenvalue weighted by molar-refractivity contribution is 7.19. The maximum absolute atomic E-state index is 13.5. The van der Waals surface area contributed by atoms with Crippen LogP contribution in [0.2, 0.25) is 0 Å². The van der Waals surface area contributed by atoms with Crippen LogP contribution in [0, 0.1) is 17.1 Å². The molecule has 0 saturated heterocycles. The van der Waals surface area contributed by atoms with Crippen LogP contribution in [0.4, 0.5) is 4.39 Å². The van der Waals surface area contributed by atoms with Crippen molar-refractivity contribution >= 4 is 21.4 Å². The lowest BCUT2D eigenvalue weighted by Crippen LogP contribution is -1.79. The molecular weight excluding hydrogens is 197 g/mol. The third-order valence-electron chi connectivity index (χ3n) is 2.22. The van der Waals surface area contributed by atoms with Gasteiger partial charge in [0.25, 0.3) is 0 Å². The van der Waals surface area contributed by atoms with Crippen molar-refractivity contribution in [3.8, 4) is 6.07 Å². The molecule has 0 aliphatic carbocycles. The molecule has 0 N–H and O–H groups in total. The zero-order valence-electron chi connectivity index (χ0n) is 7.67. The van der Waals surface area contributed by atoms with Crippen molar-refractivity contribution in [3.63, 3.8) is 0 Å². The fraction of sp³-hybridized carbons (Fsp3) is 0.182. The molecule has 0 bridgehead atoms. The van der Waals surface area contributed by atoms with Gasteiger partial charge in [-0.25, -0.2) is 4.39 Å². The molecule has 14 heavy (non-hydrogen) atoms. The second-order valence-electron chi connectivity index (χ2n) is 3.00. The summed E-state index contributed by atoms with van der Waals surface area (Å²) < 4.78 is 14.4. The molecule has 0 spiro atoms.